The summed E-state index contributed by atoms with van der Waals surface area (Å²) in [6, 6.07) is -0.0920. The fourth-order valence-corrected chi connectivity index (χ4v) is 4.34. The molecule has 2 N–H and O–H groups in total. The van der Waals surface area contributed by atoms with Crippen molar-refractivity contribution in [2.24, 2.45) is 11.3 Å². The Morgan fingerprint density at radius 2 is 2.19 bits per heavy atom. The van der Waals surface area contributed by atoms with Crippen molar-refractivity contribution in [3.63, 3.8) is 0 Å². The molecule has 118 valence electrons. The van der Waals surface area contributed by atoms with Gasteiger partial charge < -0.3 is 15.5 Å². The molecule has 0 aromatic carbocycles. The highest BCUT2D eigenvalue weighted by atomic mass is 16.2. The molecule has 0 spiro atoms. The van der Waals surface area contributed by atoms with Gasteiger partial charge in [0.25, 0.3) is 0 Å². The van der Waals surface area contributed by atoms with Gasteiger partial charge in [-0.15, -0.1) is 0 Å². The molecule has 2 amide bonds. The predicted octanol–water partition coefficient (Wildman–Crippen LogP) is 0.892. The summed E-state index contributed by atoms with van der Waals surface area (Å²) in [5, 5.41) is 6.47. The van der Waals surface area contributed by atoms with Crippen LogP contribution in [0.2, 0.25) is 0 Å². The smallest absolute Gasteiger partial charge is 0.245 e. The molecule has 1 aliphatic carbocycles. The van der Waals surface area contributed by atoms with Crippen LogP contribution in [0.15, 0.2) is 0 Å². The number of likely N-dealkylation sites (tertiary alicyclic amines) is 1. The third-order valence-corrected chi connectivity index (χ3v) is 5.66. The number of carbonyl (C=O) groups excluding carboxylic acids is 2. The minimum absolute atomic E-state index is 0.0908. The largest absolute Gasteiger partial charge is 0.344 e. The molecular weight excluding hydrogens is 266 g/mol. The third-order valence-electron chi connectivity index (χ3n) is 5.66. The lowest BCUT2D eigenvalue weighted by Gasteiger charge is -2.37. The van der Waals surface area contributed by atoms with Crippen LogP contribution in [-0.2, 0) is 9.59 Å². The summed E-state index contributed by atoms with van der Waals surface area (Å²) in [6.07, 6.45) is 5.20. The highest BCUT2D eigenvalue weighted by Gasteiger charge is 2.51. The second kappa shape index (κ2) is 5.59. The van der Waals surface area contributed by atoms with Crippen LogP contribution in [0.3, 0.4) is 0 Å². The summed E-state index contributed by atoms with van der Waals surface area (Å²) in [4.78, 5) is 27.1. The van der Waals surface area contributed by atoms with Gasteiger partial charge in [-0.1, -0.05) is 12.8 Å². The molecule has 5 nitrogen and oxygen atoms in total. The van der Waals surface area contributed by atoms with Gasteiger partial charge >= 0.3 is 0 Å². The Morgan fingerprint density at radius 3 is 2.90 bits per heavy atom. The highest BCUT2D eigenvalue weighted by molar-refractivity contribution is 5.92. The number of hydrogen-bond donors (Lipinski definition) is 2. The van der Waals surface area contributed by atoms with Crippen LogP contribution < -0.4 is 10.6 Å². The van der Waals surface area contributed by atoms with E-state index in [4.69, 9.17) is 0 Å². The number of amides is 2. The topological polar surface area (TPSA) is 61.4 Å². The Labute approximate surface area is 126 Å². The molecule has 2 aliphatic heterocycles. The SMILES string of the molecule is CC(C)N1CCC(NC(=O)[C@@]23CCCC[C@H]2CNC3)C1=O. The maximum Gasteiger partial charge on any atom is 0.245 e. The molecule has 3 rings (SSSR count). The molecule has 3 aliphatic rings. The zero-order chi connectivity index (χ0) is 15.0. The Kier molecular flexibility index (Phi) is 3.95. The highest BCUT2D eigenvalue weighted by Crippen LogP contribution is 2.44. The van der Waals surface area contributed by atoms with Gasteiger partial charge in [-0.3, -0.25) is 9.59 Å². The first kappa shape index (κ1) is 14.8. The van der Waals surface area contributed by atoms with E-state index in [1.165, 1.54) is 6.42 Å². The van der Waals surface area contributed by atoms with E-state index in [1.54, 1.807) is 0 Å². The zero-order valence-corrected chi connectivity index (χ0v) is 13.2. The minimum Gasteiger partial charge on any atom is -0.344 e. The van der Waals surface area contributed by atoms with Gasteiger partial charge in [0.1, 0.15) is 6.04 Å². The van der Waals surface area contributed by atoms with E-state index in [2.05, 4.69) is 10.6 Å². The Hall–Kier alpha value is -1.10. The van der Waals surface area contributed by atoms with Crippen LogP contribution in [0.25, 0.3) is 0 Å². The molecule has 2 saturated heterocycles. The van der Waals surface area contributed by atoms with E-state index < -0.39 is 0 Å². The lowest BCUT2D eigenvalue weighted by atomic mass is 9.67. The minimum atomic E-state index is -0.308. The zero-order valence-electron chi connectivity index (χ0n) is 13.2. The van der Waals surface area contributed by atoms with Crippen molar-refractivity contribution in [1.29, 1.82) is 0 Å². The molecule has 0 radical (unpaired) electrons. The predicted molar refractivity (Wildman–Crippen MR) is 80.7 cm³/mol. The number of nitrogens with one attached hydrogen (secondary N) is 2. The van der Waals surface area contributed by atoms with Crippen LogP contribution in [0.5, 0.6) is 0 Å². The van der Waals surface area contributed by atoms with Crippen LogP contribution in [0.1, 0.15) is 46.0 Å². The van der Waals surface area contributed by atoms with Crippen molar-refractivity contribution >= 4 is 11.8 Å². The monoisotopic (exact) mass is 293 g/mol. The normalized spacial score (nSPS) is 36.1. The Morgan fingerprint density at radius 1 is 1.38 bits per heavy atom. The summed E-state index contributed by atoms with van der Waals surface area (Å²) in [5.74, 6) is 0.651. The lowest BCUT2D eigenvalue weighted by Crippen LogP contribution is -2.52. The van der Waals surface area contributed by atoms with Gasteiger partial charge in [-0.05, 0) is 45.6 Å². The maximum absolute atomic E-state index is 12.9. The molecule has 5 heteroatoms. The van der Waals surface area contributed by atoms with Crippen molar-refractivity contribution < 1.29 is 9.59 Å². The van der Waals surface area contributed by atoms with Crippen LogP contribution in [0, 0.1) is 11.3 Å². The summed E-state index contributed by atoms with van der Waals surface area (Å²) >= 11 is 0. The van der Waals surface area contributed by atoms with E-state index in [9.17, 15) is 9.59 Å². The standard InChI is InChI=1S/C16H27N3O2/c1-11(2)19-8-6-13(14(19)20)18-15(21)16-7-4-3-5-12(16)9-17-10-16/h11-13,17H,3-10H2,1-2H3,(H,18,21)/t12-,13?,16+/m0/s1. The molecular formula is C16H27N3O2. The van der Waals surface area contributed by atoms with Gasteiger partial charge in [-0.2, -0.15) is 0 Å². The summed E-state index contributed by atoms with van der Waals surface area (Å²) in [5.41, 5.74) is -0.260. The van der Waals surface area contributed by atoms with Crippen molar-refractivity contribution in [3.05, 3.63) is 0 Å². The first-order valence-corrected chi connectivity index (χ1v) is 8.37. The second-order valence-corrected chi connectivity index (χ2v) is 7.17. The molecule has 21 heavy (non-hydrogen) atoms. The fourth-order valence-electron chi connectivity index (χ4n) is 4.34. The van der Waals surface area contributed by atoms with Crippen molar-refractivity contribution in [2.75, 3.05) is 19.6 Å². The fraction of sp³-hybridized carbons (Fsp3) is 0.875. The van der Waals surface area contributed by atoms with Crippen molar-refractivity contribution in [1.82, 2.24) is 15.5 Å². The van der Waals surface area contributed by atoms with Gasteiger partial charge in [0, 0.05) is 19.1 Å². The average molecular weight is 293 g/mol. The van der Waals surface area contributed by atoms with Gasteiger partial charge in [-0.25, -0.2) is 0 Å². The Bertz CT molecular complexity index is 437. The van der Waals surface area contributed by atoms with Crippen LogP contribution in [-0.4, -0.2) is 48.4 Å². The van der Waals surface area contributed by atoms with E-state index >= 15 is 0 Å². The number of carbonyl (C=O) groups is 2. The summed E-state index contributed by atoms with van der Waals surface area (Å²) in [6.45, 7) is 6.54. The maximum atomic E-state index is 12.9. The summed E-state index contributed by atoms with van der Waals surface area (Å²) in [7, 11) is 0. The van der Waals surface area contributed by atoms with E-state index in [0.717, 1.165) is 45.3 Å². The van der Waals surface area contributed by atoms with E-state index in [0.29, 0.717) is 5.92 Å². The van der Waals surface area contributed by atoms with Crippen molar-refractivity contribution in [2.45, 2.75) is 58.0 Å². The molecule has 0 aromatic heterocycles. The number of rotatable bonds is 3. The molecule has 2 heterocycles. The first-order chi connectivity index (χ1) is 10.0. The van der Waals surface area contributed by atoms with E-state index in [1.807, 2.05) is 18.7 Å². The molecule has 0 aromatic rings. The number of hydrogen-bond acceptors (Lipinski definition) is 3. The third kappa shape index (κ3) is 2.45. The van der Waals surface area contributed by atoms with Crippen molar-refractivity contribution in [3.8, 4) is 0 Å². The average Bonchev–Trinajstić information content (AvgIpc) is 3.04. The van der Waals surface area contributed by atoms with Crippen LogP contribution in [0.4, 0.5) is 0 Å². The molecule has 0 bridgehead atoms. The Balaban J connectivity index is 1.68. The summed E-state index contributed by atoms with van der Waals surface area (Å²) < 4.78 is 0. The van der Waals surface area contributed by atoms with Crippen LogP contribution >= 0.6 is 0 Å². The first-order valence-electron chi connectivity index (χ1n) is 8.37. The van der Waals surface area contributed by atoms with Gasteiger partial charge in [0.2, 0.25) is 11.8 Å². The van der Waals surface area contributed by atoms with E-state index in [-0.39, 0.29) is 29.3 Å². The number of fused-ring (bicyclic) bond motifs is 1. The molecule has 1 saturated carbocycles. The molecule has 1 unspecified atom stereocenters. The molecule has 3 atom stereocenters. The molecule has 3 fully saturated rings. The quantitative estimate of drug-likeness (QED) is 0.812. The second-order valence-electron chi connectivity index (χ2n) is 7.17. The van der Waals surface area contributed by atoms with Gasteiger partial charge in [0.15, 0.2) is 0 Å². The van der Waals surface area contributed by atoms with Gasteiger partial charge in [0.05, 0.1) is 5.41 Å². The number of nitrogens with zero attached hydrogens (tertiary/aromatic N) is 1. The lowest BCUT2D eigenvalue weighted by molar-refractivity contribution is -0.139.